The Morgan fingerprint density at radius 2 is 2.32 bits per heavy atom. The highest BCUT2D eigenvalue weighted by atomic mass is 79.9. The number of nitrogens with two attached hydrogens (primary N) is 1. The van der Waals surface area contributed by atoms with Crippen LogP contribution < -0.4 is 5.73 Å². The molecular weight excluding hydrogens is 315 g/mol. The molecule has 5 nitrogen and oxygen atoms in total. The first-order valence-electron chi connectivity index (χ1n) is 5.46. The Balaban J connectivity index is 2.21. The van der Waals surface area contributed by atoms with Crippen LogP contribution in [0, 0.1) is 5.82 Å². The van der Waals surface area contributed by atoms with Gasteiger partial charge in [0, 0.05) is 29.8 Å². The van der Waals surface area contributed by atoms with Crippen LogP contribution in [-0.2, 0) is 6.54 Å². The van der Waals surface area contributed by atoms with E-state index in [4.69, 9.17) is 5.73 Å². The molecule has 19 heavy (non-hydrogen) atoms. The van der Waals surface area contributed by atoms with Crippen LogP contribution in [0.5, 0.6) is 0 Å². The number of H-pyrrole nitrogens is 1. The van der Waals surface area contributed by atoms with E-state index in [9.17, 15) is 9.18 Å². The molecule has 1 heterocycles. The van der Waals surface area contributed by atoms with E-state index in [1.54, 1.807) is 19.4 Å². The molecule has 3 N–H and O–H groups in total. The summed E-state index contributed by atoms with van der Waals surface area (Å²) in [6.07, 6.45) is 3.34. The lowest BCUT2D eigenvalue weighted by molar-refractivity contribution is 0.0784. The Morgan fingerprint density at radius 3 is 2.95 bits per heavy atom. The molecular formula is C12H12BrFN4O. The summed E-state index contributed by atoms with van der Waals surface area (Å²) in [4.78, 5) is 13.7. The minimum Gasteiger partial charge on any atom is -0.396 e. The van der Waals surface area contributed by atoms with Crippen LogP contribution in [0.3, 0.4) is 0 Å². The fourth-order valence-electron chi connectivity index (χ4n) is 1.65. The normalized spacial score (nSPS) is 10.5. The van der Waals surface area contributed by atoms with Gasteiger partial charge in [-0.2, -0.15) is 5.10 Å². The molecule has 0 radical (unpaired) electrons. The Labute approximate surface area is 117 Å². The number of nitrogens with zero attached hydrogens (tertiary/aromatic N) is 2. The van der Waals surface area contributed by atoms with Gasteiger partial charge in [0.05, 0.1) is 17.4 Å². The van der Waals surface area contributed by atoms with Crippen LogP contribution in [0.2, 0.25) is 0 Å². The van der Waals surface area contributed by atoms with Crippen LogP contribution in [0.15, 0.2) is 29.0 Å². The second-order valence-electron chi connectivity index (χ2n) is 4.12. The van der Waals surface area contributed by atoms with E-state index >= 15 is 0 Å². The number of carbonyl (C=O) groups is 1. The monoisotopic (exact) mass is 326 g/mol. The Bertz CT molecular complexity index is 600. The highest BCUT2D eigenvalue weighted by molar-refractivity contribution is 9.10. The van der Waals surface area contributed by atoms with Crippen molar-refractivity contribution in [1.29, 1.82) is 0 Å². The van der Waals surface area contributed by atoms with E-state index in [1.807, 2.05) is 0 Å². The number of nitrogens with one attached hydrogen (secondary N) is 1. The van der Waals surface area contributed by atoms with E-state index in [1.165, 1.54) is 17.0 Å². The molecule has 0 atom stereocenters. The van der Waals surface area contributed by atoms with Crippen molar-refractivity contribution in [3.8, 4) is 0 Å². The van der Waals surface area contributed by atoms with Crippen LogP contribution in [0.25, 0.3) is 0 Å². The number of hydrogen-bond acceptors (Lipinski definition) is 3. The number of aromatic nitrogens is 2. The summed E-state index contributed by atoms with van der Waals surface area (Å²) in [6, 6.07) is 2.52. The smallest absolute Gasteiger partial charge is 0.255 e. The summed E-state index contributed by atoms with van der Waals surface area (Å²) in [6.45, 7) is 0.402. The summed E-state index contributed by atoms with van der Waals surface area (Å²) in [5.74, 6) is -0.805. The zero-order chi connectivity index (χ0) is 14.0. The van der Waals surface area contributed by atoms with Gasteiger partial charge in [-0.15, -0.1) is 0 Å². The first-order valence-corrected chi connectivity index (χ1v) is 6.26. The average Bonchev–Trinajstić information content (AvgIpc) is 2.85. The van der Waals surface area contributed by atoms with E-state index < -0.39 is 5.82 Å². The number of anilines is 1. The molecule has 0 aliphatic heterocycles. The van der Waals surface area contributed by atoms with Crippen molar-refractivity contribution in [3.63, 3.8) is 0 Å². The van der Waals surface area contributed by atoms with Crippen molar-refractivity contribution in [2.24, 2.45) is 0 Å². The standard InChI is InChI=1S/C12H12BrFN4O/c1-18(6-7-4-16-17-5-7)12(19)8-2-11(15)10(14)3-9(8)13/h2-5H,6,15H2,1H3,(H,16,17). The number of aromatic amines is 1. The second kappa shape index (κ2) is 5.40. The lowest BCUT2D eigenvalue weighted by atomic mass is 10.1. The third-order valence-electron chi connectivity index (χ3n) is 2.64. The minimum atomic E-state index is -0.555. The topological polar surface area (TPSA) is 75.0 Å². The average molecular weight is 327 g/mol. The minimum absolute atomic E-state index is 0.0525. The van der Waals surface area contributed by atoms with Crippen LogP contribution >= 0.6 is 15.9 Å². The van der Waals surface area contributed by atoms with Crippen LogP contribution in [-0.4, -0.2) is 28.1 Å². The Hall–Kier alpha value is -1.89. The Morgan fingerprint density at radius 1 is 1.58 bits per heavy atom. The van der Waals surface area contributed by atoms with Gasteiger partial charge in [0.2, 0.25) is 0 Å². The van der Waals surface area contributed by atoms with Gasteiger partial charge in [-0.3, -0.25) is 9.89 Å². The third-order valence-corrected chi connectivity index (χ3v) is 3.29. The number of carbonyl (C=O) groups excluding carboxylic acids is 1. The summed E-state index contributed by atoms with van der Waals surface area (Å²) in [7, 11) is 1.65. The number of hydrogen-bond donors (Lipinski definition) is 2. The maximum absolute atomic E-state index is 13.2. The molecule has 0 saturated carbocycles. The molecule has 2 rings (SSSR count). The first kappa shape index (κ1) is 13.5. The van der Waals surface area contributed by atoms with Gasteiger partial charge in [-0.05, 0) is 28.1 Å². The molecule has 0 unspecified atom stereocenters. The lowest BCUT2D eigenvalue weighted by Crippen LogP contribution is -2.26. The zero-order valence-corrected chi connectivity index (χ0v) is 11.7. The molecule has 7 heteroatoms. The molecule has 0 spiro atoms. The zero-order valence-electron chi connectivity index (χ0n) is 10.2. The largest absolute Gasteiger partial charge is 0.396 e. The van der Waals surface area contributed by atoms with Crippen LogP contribution in [0.4, 0.5) is 10.1 Å². The van der Waals surface area contributed by atoms with E-state index in [-0.39, 0.29) is 11.6 Å². The van der Waals surface area contributed by atoms with Gasteiger partial charge in [-0.1, -0.05) is 0 Å². The number of nitrogen functional groups attached to an aromatic ring is 1. The summed E-state index contributed by atoms with van der Waals surface area (Å²) >= 11 is 3.17. The van der Waals surface area contributed by atoms with Crippen molar-refractivity contribution in [2.75, 3.05) is 12.8 Å². The number of amides is 1. The quantitative estimate of drug-likeness (QED) is 0.849. The van der Waals surface area contributed by atoms with Gasteiger partial charge in [0.1, 0.15) is 5.82 Å². The third kappa shape index (κ3) is 2.93. The molecule has 0 aliphatic rings. The van der Waals surface area contributed by atoms with Gasteiger partial charge in [-0.25, -0.2) is 4.39 Å². The highest BCUT2D eigenvalue weighted by Crippen LogP contribution is 2.24. The number of rotatable bonds is 3. The first-order chi connectivity index (χ1) is 8.99. The fourth-order valence-corrected chi connectivity index (χ4v) is 2.13. The summed E-state index contributed by atoms with van der Waals surface area (Å²) in [5, 5.41) is 6.48. The van der Waals surface area contributed by atoms with Gasteiger partial charge >= 0.3 is 0 Å². The van der Waals surface area contributed by atoms with Crippen molar-refractivity contribution in [1.82, 2.24) is 15.1 Å². The molecule has 0 aliphatic carbocycles. The maximum Gasteiger partial charge on any atom is 0.255 e. The van der Waals surface area contributed by atoms with Gasteiger partial charge in [0.15, 0.2) is 0 Å². The van der Waals surface area contributed by atoms with E-state index in [2.05, 4.69) is 26.1 Å². The molecule has 0 bridgehead atoms. The predicted molar refractivity (Wildman–Crippen MR) is 72.9 cm³/mol. The summed E-state index contributed by atoms with van der Waals surface area (Å²) < 4.78 is 13.6. The summed E-state index contributed by atoms with van der Waals surface area (Å²) in [5.41, 5.74) is 6.63. The Kier molecular flexibility index (Phi) is 3.84. The fraction of sp³-hybridized carbons (Fsp3) is 0.167. The van der Waals surface area contributed by atoms with Crippen molar-refractivity contribution in [2.45, 2.75) is 6.54 Å². The van der Waals surface area contributed by atoms with E-state index in [0.717, 1.165) is 5.56 Å². The second-order valence-corrected chi connectivity index (χ2v) is 4.98. The molecule has 100 valence electrons. The molecule has 1 amide bonds. The molecule has 0 saturated heterocycles. The van der Waals surface area contributed by atoms with Crippen molar-refractivity contribution in [3.05, 3.63) is 45.9 Å². The maximum atomic E-state index is 13.2. The van der Waals surface area contributed by atoms with Crippen LogP contribution in [0.1, 0.15) is 15.9 Å². The highest BCUT2D eigenvalue weighted by Gasteiger charge is 2.17. The van der Waals surface area contributed by atoms with Gasteiger partial charge in [0.25, 0.3) is 5.91 Å². The van der Waals surface area contributed by atoms with Gasteiger partial charge < -0.3 is 10.6 Å². The van der Waals surface area contributed by atoms with Crippen molar-refractivity contribution >= 4 is 27.5 Å². The lowest BCUT2D eigenvalue weighted by Gasteiger charge is -2.17. The molecule has 0 fully saturated rings. The van der Waals surface area contributed by atoms with E-state index in [0.29, 0.717) is 16.6 Å². The number of halogens is 2. The van der Waals surface area contributed by atoms with Crippen molar-refractivity contribution < 1.29 is 9.18 Å². The SMILES string of the molecule is CN(Cc1cn[nH]c1)C(=O)c1cc(N)c(F)cc1Br. The number of benzene rings is 1. The predicted octanol–water partition coefficient (Wildman–Crippen LogP) is 2.17. The molecule has 2 aromatic rings. The molecule has 1 aromatic heterocycles. The molecule has 1 aromatic carbocycles.